The third-order valence-corrected chi connectivity index (χ3v) is 3.85. The van der Waals surface area contributed by atoms with Crippen LogP contribution < -0.4 is 10.6 Å². The number of hydrogen-bond donors (Lipinski definition) is 2. The second-order valence-electron chi connectivity index (χ2n) is 6.10. The molecular formula is C15H31N3O. The highest BCUT2D eigenvalue weighted by atomic mass is 16.2. The fourth-order valence-corrected chi connectivity index (χ4v) is 2.79. The van der Waals surface area contributed by atoms with Crippen LogP contribution in [0.3, 0.4) is 0 Å². The van der Waals surface area contributed by atoms with E-state index in [2.05, 4.69) is 29.5 Å². The first-order chi connectivity index (χ1) is 9.02. The van der Waals surface area contributed by atoms with Gasteiger partial charge in [-0.2, -0.15) is 0 Å². The summed E-state index contributed by atoms with van der Waals surface area (Å²) in [4.78, 5) is 14.0. The number of likely N-dealkylation sites (N-methyl/N-ethyl adjacent to an activating group) is 1. The first-order valence-corrected chi connectivity index (χ1v) is 7.76. The van der Waals surface area contributed by atoms with Gasteiger partial charge in [0.25, 0.3) is 0 Å². The van der Waals surface area contributed by atoms with Gasteiger partial charge in [-0.25, -0.2) is 0 Å². The van der Waals surface area contributed by atoms with E-state index in [9.17, 15) is 4.79 Å². The average molecular weight is 269 g/mol. The molecule has 4 heteroatoms. The van der Waals surface area contributed by atoms with Crippen LogP contribution in [0.1, 0.15) is 52.9 Å². The van der Waals surface area contributed by atoms with Crippen molar-refractivity contribution < 1.29 is 4.79 Å². The molecule has 0 aliphatic heterocycles. The number of hydrogen-bond acceptors (Lipinski definition) is 3. The average Bonchev–Trinajstić information content (AvgIpc) is 2.35. The molecule has 19 heavy (non-hydrogen) atoms. The molecule has 1 amide bonds. The monoisotopic (exact) mass is 269 g/mol. The maximum atomic E-state index is 11.7. The predicted molar refractivity (Wildman–Crippen MR) is 80.2 cm³/mol. The molecule has 0 aromatic carbocycles. The van der Waals surface area contributed by atoms with E-state index in [0.29, 0.717) is 18.6 Å². The van der Waals surface area contributed by atoms with Crippen LogP contribution >= 0.6 is 0 Å². The van der Waals surface area contributed by atoms with Gasteiger partial charge in [0.2, 0.25) is 5.91 Å². The number of carbonyl (C=O) groups excluding carboxylic acids is 1. The number of nitrogens with one attached hydrogen (secondary N) is 2. The Kier molecular flexibility index (Phi) is 7.39. The van der Waals surface area contributed by atoms with Gasteiger partial charge in [-0.3, -0.25) is 9.69 Å². The maximum absolute atomic E-state index is 11.7. The van der Waals surface area contributed by atoms with Gasteiger partial charge < -0.3 is 10.6 Å². The highest BCUT2D eigenvalue weighted by Crippen LogP contribution is 2.22. The van der Waals surface area contributed by atoms with Crippen molar-refractivity contribution in [1.82, 2.24) is 15.5 Å². The van der Waals surface area contributed by atoms with Crippen molar-refractivity contribution in [3.63, 3.8) is 0 Å². The summed E-state index contributed by atoms with van der Waals surface area (Å²) in [6.07, 6.45) is 6.08. The Labute approximate surface area is 118 Å². The maximum Gasteiger partial charge on any atom is 0.234 e. The van der Waals surface area contributed by atoms with Crippen LogP contribution in [-0.2, 0) is 4.79 Å². The van der Waals surface area contributed by atoms with Crippen molar-refractivity contribution in [3.8, 4) is 0 Å². The number of amides is 1. The van der Waals surface area contributed by atoms with Crippen molar-refractivity contribution in [2.24, 2.45) is 0 Å². The Morgan fingerprint density at radius 1 is 1.26 bits per heavy atom. The summed E-state index contributed by atoms with van der Waals surface area (Å²) in [7, 11) is 2.07. The minimum Gasteiger partial charge on any atom is -0.353 e. The molecule has 0 bridgehead atoms. The summed E-state index contributed by atoms with van der Waals surface area (Å²) in [5.74, 6) is 0.142. The first kappa shape index (κ1) is 16.4. The molecule has 2 N–H and O–H groups in total. The van der Waals surface area contributed by atoms with Crippen LogP contribution in [0.25, 0.3) is 0 Å². The minimum atomic E-state index is 0.142. The van der Waals surface area contributed by atoms with Crippen molar-refractivity contribution in [3.05, 3.63) is 0 Å². The molecule has 0 atom stereocenters. The fraction of sp³-hybridized carbons (Fsp3) is 0.933. The third kappa shape index (κ3) is 6.39. The fourth-order valence-electron chi connectivity index (χ4n) is 2.79. The Morgan fingerprint density at radius 3 is 2.42 bits per heavy atom. The molecule has 1 fully saturated rings. The van der Waals surface area contributed by atoms with Crippen LogP contribution in [0.4, 0.5) is 0 Å². The molecule has 1 saturated carbocycles. The highest BCUT2D eigenvalue weighted by molar-refractivity contribution is 5.78. The van der Waals surface area contributed by atoms with Gasteiger partial charge in [0, 0.05) is 18.1 Å². The van der Waals surface area contributed by atoms with Crippen LogP contribution in [0.5, 0.6) is 0 Å². The second kappa shape index (κ2) is 8.54. The van der Waals surface area contributed by atoms with E-state index in [0.717, 1.165) is 6.54 Å². The Hall–Kier alpha value is -0.610. The lowest BCUT2D eigenvalue weighted by atomic mass is 9.90. The molecule has 1 aliphatic rings. The summed E-state index contributed by atoms with van der Waals surface area (Å²) in [5.41, 5.74) is 0. The van der Waals surface area contributed by atoms with E-state index >= 15 is 0 Å². The summed E-state index contributed by atoms with van der Waals surface area (Å²) in [6, 6.07) is 1.49. The van der Waals surface area contributed by atoms with Crippen molar-refractivity contribution >= 4 is 5.91 Å². The van der Waals surface area contributed by atoms with E-state index in [1.54, 1.807) is 0 Å². The van der Waals surface area contributed by atoms with Gasteiger partial charge in [0.1, 0.15) is 0 Å². The number of rotatable bonds is 7. The Balaban J connectivity index is 2.24. The van der Waals surface area contributed by atoms with Crippen molar-refractivity contribution in [1.29, 1.82) is 0 Å². The van der Waals surface area contributed by atoms with Crippen molar-refractivity contribution in [2.45, 2.75) is 71.0 Å². The topological polar surface area (TPSA) is 44.4 Å². The summed E-state index contributed by atoms with van der Waals surface area (Å²) >= 11 is 0. The molecular weight excluding hydrogens is 238 g/mol. The lowest BCUT2D eigenvalue weighted by Crippen LogP contribution is -2.45. The number of nitrogens with zero attached hydrogens (tertiary/aromatic N) is 1. The first-order valence-electron chi connectivity index (χ1n) is 7.76. The minimum absolute atomic E-state index is 0.142. The largest absolute Gasteiger partial charge is 0.353 e. The molecule has 0 spiro atoms. The Morgan fingerprint density at radius 2 is 1.89 bits per heavy atom. The van der Waals surface area contributed by atoms with Crippen LogP contribution in [0.15, 0.2) is 0 Å². The standard InChI is InChI=1S/C15H31N3O/c1-5-10-16-13-6-8-14(9-7-13)18(4)11-15(19)17-12(2)3/h12-14,16H,5-11H2,1-4H3,(H,17,19). The van der Waals surface area contributed by atoms with E-state index < -0.39 is 0 Å². The van der Waals surface area contributed by atoms with E-state index in [4.69, 9.17) is 0 Å². The van der Waals surface area contributed by atoms with Crippen LogP contribution in [0.2, 0.25) is 0 Å². The zero-order valence-electron chi connectivity index (χ0n) is 13.0. The van der Waals surface area contributed by atoms with Crippen LogP contribution in [0, 0.1) is 0 Å². The molecule has 1 aliphatic carbocycles. The Bertz CT molecular complexity index is 260. The molecule has 0 aromatic rings. The van der Waals surface area contributed by atoms with E-state index in [-0.39, 0.29) is 11.9 Å². The van der Waals surface area contributed by atoms with Gasteiger partial charge in [-0.05, 0) is 59.5 Å². The third-order valence-electron chi connectivity index (χ3n) is 3.85. The summed E-state index contributed by atoms with van der Waals surface area (Å²) < 4.78 is 0. The highest BCUT2D eigenvalue weighted by Gasteiger charge is 2.24. The molecule has 0 radical (unpaired) electrons. The molecule has 0 aromatic heterocycles. The number of carbonyl (C=O) groups is 1. The quantitative estimate of drug-likeness (QED) is 0.740. The molecule has 0 unspecified atom stereocenters. The van der Waals surface area contributed by atoms with Gasteiger partial charge in [-0.1, -0.05) is 6.92 Å². The van der Waals surface area contributed by atoms with E-state index in [1.165, 1.54) is 32.1 Å². The SMILES string of the molecule is CCCNC1CCC(N(C)CC(=O)NC(C)C)CC1. The van der Waals surface area contributed by atoms with Crippen molar-refractivity contribution in [2.75, 3.05) is 20.1 Å². The second-order valence-corrected chi connectivity index (χ2v) is 6.10. The zero-order valence-corrected chi connectivity index (χ0v) is 13.0. The zero-order chi connectivity index (χ0) is 14.3. The summed E-state index contributed by atoms with van der Waals surface area (Å²) in [5, 5.41) is 6.56. The molecule has 4 nitrogen and oxygen atoms in total. The van der Waals surface area contributed by atoms with Gasteiger partial charge in [0.05, 0.1) is 6.54 Å². The molecule has 112 valence electrons. The van der Waals surface area contributed by atoms with Crippen LogP contribution in [-0.4, -0.2) is 49.1 Å². The van der Waals surface area contributed by atoms with Gasteiger partial charge in [0.15, 0.2) is 0 Å². The molecule has 0 heterocycles. The lowest BCUT2D eigenvalue weighted by molar-refractivity contribution is -0.123. The molecule has 0 saturated heterocycles. The lowest BCUT2D eigenvalue weighted by Gasteiger charge is -2.34. The molecule has 1 rings (SSSR count). The van der Waals surface area contributed by atoms with Gasteiger partial charge in [-0.15, -0.1) is 0 Å². The predicted octanol–water partition coefficient (Wildman–Crippen LogP) is 1.75. The van der Waals surface area contributed by atoms with Gasteiger partial charge >= 0.3 is 0 Å². The summed E-state index contributed by atoms with van der Waals surface area (Å²) in [6.45, 7) is 7.86. The normalized spacial score (nSPS) is 23.9. The van der Waals surface area contributed by atoms with E-state index in [1.807, 2.05) is 13.8 Å². The smallest absolute Gasteiger partial charge is 0.234 e.